The molecule has 0 bridgehead atoms. The molecule has 1 aliphatic carbocycles. The van der Waals surface area contributed by atoms with Crippen LogP contribution in [0.3, 0.4) is 0 Å². The van der Waals surface area contributed by atoms with Crippen LogP contribution in [0, 0.1) is 5.92 Å². The molecule has 1 unspecified atom stereocenters. The molecule has 0 spiro atoms. The van der Waals surface area contributed by atoms with Gasteiger partial charge < -0.3 is 30.7 Å². The van der Waals surface area contributed by atoms with E-state index < -0.39 is 18.2 Å². The van der Waals surface area contributed by atoms with E-state index in [1.807, 2.05) is 11.4 Å². The Balaban J connectivity index is 1.62. The van der Waals surface area contributed by atoms with Gasteiger partial charge >= 0.3 is 0 Å². The number of aliphatic hydroxyl groups excluding tert-OH is 3. The number of anilines is 3. The van der Waals surface area contributed by atoms with E-state index in [4.69, 9.17) is 4.74 Å². The van der Waals surface area contributed by atoms with E-state index in [-0.39, 0.29) is 12.5 Å². The molecular weight excluding hydrogens is 382 g/mol. The average Bonchev–Trinajstić information content (AvgIpc) is 3.28. The fraction of sp³-hybridized carbons (Fsp3) is 0.389. The lowest BCUT2D eigenvalue weighted by atomic mass is 10.1. The SMILES string of the molecule is COc1cc(Nc2nc(NC3C[C@H](CO)[C@H](O)[C@@H]3O)c3sccc3n2)ccn1. The van der Waals surface area contributed by atoms with Crippen LogP contribution in [-0.2, 0) is 0 Å². The van der Waals surface area contributed by atoms with Gasteiger partial charge in [0.1, 0.15) is 11.9 Å². The second-order valence-corrected chi connectivity index (χ2v) is 7.57. The number of pyridine rings is 1. The van der Waals surface area contributed by atoms with Crippen molar-refractivity contribution >= 4 is 39.0 Å². The second-order valence-electron chi connectivity index (χ2n) is 6.65. The van der Waals surface area contributed by atoms with Gasteiger partial charge in [-0.1, -0.05) is 0 Å². The molecule has 1 fully saturated rings. The normalized spacial score (nSPS) is 24.4. The van der Waals surface area contributed by atoms with Crippen molar-refractivity contribution in [3.8, 4) is 5.88 Å². The second kappa shape index (κ2) is 7.84. The third-order valence-corrected chi connectivity index (χ3v) is 5.77. The summed E-state index contributed by atoms with van der Waals surface area (Å²) >= 11 is 1.49. The highest BCUT2D eigenvalue weighted by Gasteiger charge is 2.41. The molecule has 4 atom stereocenters. The quantitative estimate of drug-likeness (QED) is 0.414. The zero-order valence-electron chi connectivity index (χ0n) is 15.1. The van der Waals surface area contributed by atoms with Crippen LogP contribution in [0.5, 0.6) is 5.88 Å². The molecule has 148 valence electrons. The van der Waals surface area contributed by atoms with E-state index in [0.29, 0.717) is 24.1 Å². The van der Waals surface area contributed by atoms with E-state index >= 15 is 0 Å². The van der Waals surface area contributed by atoms with Crippen molar-refractivity contribution < 1.29 is 20.1 Å². The smallest absolute Gasteiger partial charge is 0.229 e. The third kappa shape index (κ3) is 3.59. The van der Waals surface area contributed by atoms with Gasteiger partial charge in [0.25, 0.3) is 0 Å². The number of hydrogen-bond donors (Lipinski definition) is 5. The zero-order valence-corrected chi connectivity index (χ0v) is 15.9. The Morgan fingerprint density at radius 2 is 2.11 bits per heavy atom. The summed E-state index contributed by atoms with van der Waals surface area (Å²) in [7, 11) is 1.54. The first-order chi connectivity index (χ1) is 13.6. The number of aromatic nitrogens is 3. The first-order valence-electron chi connectivity index (χ1n) is 8.85. The number of ether oxygens (including phenoxy) is 1. The molecular formula is C18H21N5O4S. The number of fused-ring (bicyclic) bond motifs is 1. The number of hydrogen-bond acceptors (Lipinski definition) is 10. The fourth-order valence-corrected chi connectivity index (χ4v) is 4.15. The molecule has 3 aromatic rings. The molecule has 9 nitrogen and oxygen atoms in total. The van der Waals surface area contributed by atoms with Crippen molar-refractivity contribution in [2.45, 2.75) is 24.7 Å². The molecule has 0 aliphatic heterocycles. The highest BCUT2D eigenvalue weighted by molar-refractivity contribution is 7.17. The number of aliphatic hydroxyl groups is 3. The highest BCUT2D eigenvalue weighted by atomic mass is 32.1. The molecule has 28 heavy (non-hydrogen) atoms. The minimum absolute atomic E-state index is 0.175. The van der Waals surface area contributed by atoms with Gasteiger partial charge in [-0.15, -0.1) is 11.3 Å². The van der Waals surface area contributed by atoms with E-state index in [1.54, 1.807) is 25.4 Å². The highest BCUT2D eigenvalue weighted by Crippen LogP contribution is 2.33. The summed E-state index contributed by atoms with van der Waals surface area (Å²) in [5.41, 5.74) is 1.49. The number of nitrogens with one attached hydrogen (secondary N) is 2. The molecule has 0 aromatic carbocycles. The van der Waals surface area contributed by atoms with Gasteiger partial charge in [-0.3, -0.25) is 0 Å². The van der Waals surface area contributed by atoms with E-state index in [1.165, 1.54) is 11.3 Å². The Kier molecular flexibility index (Phi) is 5.27. The third-order valence-electron chi connectivity index (χ3n) is 4.86. The van der Waals surface area contributed by atoms with Crippen molar-refractivity contribution in [1.82, 2.24) is 15.0 Å². The monoisotopic (exact) mass is 403 g/mol. The van der Waals surface area contributed by atoms with Crippen molar-refractivity contribution in [2.24, 2.45) is 5.92 Å². The predicted octanol–water partition coefficient (Wildman–Crippen LogP) is 1.35. The molecule has 3 heterocycles. The molecule has 0 amide bonds. The largest absolute Gasteiger partial charge is 0.481 e. The van der Waals surface area contributed by atoms with Crippen molar-refractivity contribution in [3.63, 3.8) is 0 Å². The first-order valence-corrected chi connectivity index (χ1v) is 9.73. The molecule has 4 rings (SSSR count). The van der Waals surface area contributed by atoms with Crippen molar-refractivity contribution in [2.75, 3.05) is 24.4 Å². The molecule has 1 aliphatic rings. The van der Waals surface area contributed by atoms with Gasteiger partial charge in [0.05, 0.1) is 29.5 Å². The van der Waals surface area contributed by atoms with Gasteiger partial charge in [-0.25, -0.2) is 9.97 Å². The summed E-state index contributed by atoms with van der Waals surface area (Å²) in [5.74, 6) is 1.06. The fourth-order valence-electron chi connectivity index (χ4n) is 3.37. The Hall–Kier alpha value is -2.53. The van der Waals surface area contributed by atoms with E-state index in [0.717, 1.165) is 15.9 Å². The van der Waals surface area contributed by atoms with Crippen LogP contribution in [0.4, 0.5) is 17.5 Å². The van der Waals surface area contributed by atoms with Crippen LogP contribution in [-0.4, -0.2) is 62.2 Å². The summed E-state index contributed by atoms with van der Waals surface area (Å²) < 4.78 is 5.98. The lowest BCUT2D eigenvalue weighted by Crippen LogP contribution is -2.35. The Morgan fingerprint density at radius 3 is 2.86 bits per heavy atom. The van der Waals surface area contributed by atoms with E-state index in [2.05, 4.69) is 25.6 Å². The molecule has 0 radical (unpaired) electrons. The van der Waals surface area contributed by atoms with Gasteiger partial charge in [-0.2, -0.15) is 4.98 Å². The summed E-state index contributed by atoms with van der Waals surface area (Å²) in [6.07, 6.45) is 0.113. The number of rotatable bonds is 6. The molecule has 5 N–H and O–H groups in total. The molecule has 0 saturated heterocycles. The summed E-state index contributed by atoms with van der Waals surface area (Å²) in [5, 5.41) is 38.0. The lowest BCUT2D eigenvalue weighted by Gasteiger charge is -2.19. The summed E-state index contributed by atoms with van der Waals surface area (Å²) in [6.45, 7) is -0.175. The van der Waals surface area contributed by atoms with Gasteiger partial charge in [0, 0.05) is 30.5 Å². The maximum Gasteiger partial charge on any atom is 0.229 e. The number of methoxy groups -OCH3 is 1. The van der Waals surface area contributed by atoms with Crippen LogP contribution >= 0.6 is 11.3 Å². The standard InChI is InChI=1S/C18H21N5O4S/c1-27-13-7-10(2-4-19-13)20-18-22-11-3-5-28-16(11)17(23-18)21-12-6-9(8-24)14(25)15(12)26/h2-5,7,9,12,14-15,24-26H,6,8H2,1H3,(H2,19,20,21,22,23)/t9-,12?,14+,15-/m1/s1. The average molecular weight is 403 g/mol. The summed E-state index contributed by atoms with van der Waals surface area (Å²) in [4.78, 5) is 13.2. The van der Waals surface area contributed by atoms with Crippen LogP contribution in [0.25, 0.3) is 10.2 Å². The van der Waals surface area contributed by atoms with Crippen LogP contribution in [0.15, 0.2) is 29.8 Å². The minimum atomic E-state index is -0.983. The maximum absolute atomic E-state index is 10.3. The number of thiophene rings is 1. The summed E-state index contributed by atoms with van der Waals surface area (Å²) in [6, 6.07) is 4.99. The Labute approximate surface area is 165 Å². The zero-order chi connectivity index (χ0) is 19.7. The Bertz CT molecular complexity index is 968. The molecule has 1 saturated carbocycles. The van der Waals surface area contributed by atoms with Gasteiger partial charge in [0.2, 0.25) is 11.8 Å². The van der Waals surface area contributed by atoms with Crippen molar-refractivity contribution in [1.29, 1.82) is 0 Å². The molecule has 3 aromatic heterocycles. The van der Waals surface area contributed by atoms with Crippen LogP contribution < -0.4 is 15.4 Å². The van der Waals surface area contributed by atoms with Crippen LogP contribution in [0.2, 0.25) is 0 Å². The minimum Gasteiger partial charge on any atom is -0.481 e. The molecule has 10 heteroatoms. The van der Waals surface area contributed by atoms with Crippen LogP contribution in [0.1, 0.15) is 6.42 Å². The van der Waals surface area contributed by atoms with Gasteiger partial charge in [-0.05, 0) is 23.9 Å². The topological polar surface area (TPSA) is 133 Å². The predicted molar refractivity (Wildman–Crippen MR) is 106 cm³/mol. The van der Waals surface area contributed by atoms with Gasteiger partial charge in [0.15, 0.2) is 0 Å². The van der Waals surface area contributed by atoms with E-state index in [9.17, 15) is 15.3 Å². The Morgan fingerprint density at radius 1 is 1.25 bits per heavy atom. The maximum atomic E-state index is 10.3. The van der Waals surface area contributed by atoms with Crippen molar-refractivity contribution in [3.05, 3.63) is 29.8 Å². The number of nitrogens with zero attached hydrogens (tertiary/aromatic N) is 3. The first kappa shape index (κ1) is 18.8. The lowest BCUT2D eigenvalue weighted by molar-refractivity contribution is 0.00446.